The highest BCUT2D eigenvalue weighted by molar-refractivity contribution is 7.89. The molecule has 1 fully saturated rings. The first-order valence-corrected chi connectivity index (χ1v) is 15.9. The van der Waals surface area contributed by atoms with Crippen molar-refractivity contribution in [3.8, 4) is 0 Å². The zero-order chi connectivity index (χ0) is 30.2. The number of sulfonamides is 1. The van der Waals surface area contributed by atoms with Gasteiger partial charge >= 0.3 is 12.1 Å². The number of amides is 1. The molecule has 11 heteroatoms. The Morgan fingerprint density at radius 1 is 1.17 bits per heavy atom. The zero-order valence-electron chi connectivity index (χ0n) is 24.8. The quantitative estimate of drug-likeness (QED) is 0.381. The topological polar surface area (TPSA) is 125 Å². The van der Waals surface area contributed by atoms with Crippen LogP contribution < -0.4 is 4.72 Å². The van der Waals surface area contributed by atoms with E-state index in [0.717, 1.165) is 13.1 Å². The van der Waals surface area contributed by atoms with E-state index in [1.165, 1.54) is 6.07 Å². The number of esters is 1. The number of carbonyl (C=O) groups is 2. The molecule has 3 rings (SSSR count). The number of aliphatic hydroxyl groups is 1. The van der Waals surface area contributed by atoms with Crippen molar-refractivity contribution in [2.75, 3.05) is 39.8 Å². The lowest BCUT2D eigenvalue weighted by atomic mass is 9.91. The van der Waals surface area contributed by atoms with Crippen molar-refractivity contribution >= 4 is 28.2 Å². The highest BCUT2D eigenvalue weighted by Crippen LogP contribution is 2.26. The van der Waals surface area contributed by atoms with E-state index in [-0.39, 0.29) is 35.8 Å². The number of ether oxygens (including phenoxy) is 2. The maximum atomic E-state index is 13.0. The molecule has 1 saturated heterocycles. The highest BCUT2D eigenvalue weighted by atomic mass is 32.2. The largest absolute Gasteiger partial charge is 0.457 e. The molecule has 2 N–H and O–H groups in total. The second-order valence-electron chi connectivity index (χ2n) is 11.2. The number of nitrogens with zero attached hydrogens (tertiary/aromatic N) is 2. The van der Waals surface area contributed by atoms with Crippen LogP contribution in [0.3, 0.4) is 0 Å². The number of carbonyl (C=O) groups excluding carboxylic acids is 2. The lowest BCUT2D eigenvalue weighted by Crippen LogP contribution is -2.48. The Morgan fingerprint density at radius 2 is 1.88 bits per heavy atom. The first-order valence-electron chi connectivity index (χ1n) is 14.4. The molecule has 0 aromatic heterocycles. The van der Waals surface area contributed by atoms with Crippen molar-refractivity contribution in [1.29, 1.82) is 0 Å². The summed E-state index contributed by atoms with van der Waals surface area (Å²) in [5.74, 6) is -0.876. The maximum absolute atomic E-state index is 13.0. The zero-order valence-corrected chi connectivity index (χ0v) is 25.6. The molecule has 2 aliphatic heterocycles. The lowest BCUT2D eigenvalue weighted by Gasteiger charge is -2.33. The number of hydrogen-bond acceptors (Lipinski definition) is 8. The van der Waals surface area contributed by atoms with Gasteiger partial charge in [-0.3, -0.25) is 4.79 Å². The minimum atomic E-state index is -3.63. The van der Waals surface area contributed by atoms with Crippen LogP contribution in [0.2, 0.25) is 0 Å². The summed E-state index contributed by atoms with van der Waals surface area (Å²) in [6.07, 6.45) is 3.93. The van der Waals surface area contributed by atoms with E-state index in [4.69, 9.17) is 9.47 Å². The molecule has 2 heterocycles. The summed E-state index contributed by atoms with van der Waals surface area (Å²) in [5.41, 5.74) is 1.35. The fourth-order valence-corrected chi connectivity index (χ4v) is 6.11. The van der Waals surface area contributed by atoms with E-state index in [2.05, 4.69) is 9.62 Å². The fraction of sp³-hybridized carbons (Fsp3) is 0.600. The van der Waals surface area contributed by atoms with Crippen LogP contribution in [0, 0.1) is 11.8 Å². The van der Waals surface area contributed by atoms with Crippen molar-refractivity contribution in [2.45, 2.75) is 70.2 Å². The predicted molar refractivity (Wildman–Crippen MR) is 158 cm³/mol. The molecule has 0 unspecified atom stereocenters. The second kappa shape index (κ2) is 14.9. The number of cyclic esters (lactones) is 1. The molecule has 10 nitrogen and oxygen atoms in total. The Balaban J connectivity index is 1.86. The predicted octanol–water partition coefficient (Wildman–Crippen LogP) is 3.43. The van der Waals surface area contributed by atoms with Gasteiger partial charge in [0, 0.05) is 38.6 Å². The van der Waals surface area contributed by atoms with Gasteiger partial charge in [-0.05, 0) is 62.1 Å². The fourth-order valence-electron chi connectivity index (χ4n) is 5.02. The van der Waals surface area contributed by atoms with E-state index in [1.54, 1.807) is 36.1 Å². The lowest BCUT2D eigenvalue weighted by molar-refractivity contribution is -0.151. The Morgan fingerprint density at radius 3 is 2.56 bits per heavy atom. The number of rotatable bonds is 6. The van der Waals surface area contributed by atoms with Crippen LogP contribution in [0.1, 0.15) is 52.5 Å². The van der Waals surface area contributed by atoms with E-state index in [9.17, 15) is 23.1 Å². The van der Waals surface area contributed by atoms with Gasteiger partial charge in [-0.2, -0.15) is 0 Å². The molecular weight excluding hydrogens is 546 g/mol. The monoisotopic (exact) mass is 591 g/mol. The first-order chi connectivity index (χ1) is 19.4. The van der Waals surface area contributed by atoms with E-state index in [1.807, 2.05) is 40.0 Å². The van der Waals surface area contributed by atoms with Crippen molar-refractivity contribution in [3.05, 3.63) is 47.6 Å². The highest BCUT2D eigenvalue weighted by Gasteiger charge is 2.29. The SMILES string of the molecule is CCNS(=O)(=O)c1cccc(/C=C(\C)[C@H]2OC(=O)C[C@@H](O)CC[C@@H](C)[C@@H](OC(=O)N3CCN(C)CC3)/C=C\[C@@H]2C)c1. The van der Waals surface area contributed by atoms with Gasteiger partial charge in [0.1, 0.15) is 12.2 Å². The molecule has 0 bridgehead atoms. The van der Waals surface area contributed by atoms with Gasteiger partial charge in [-0.15, -0.1) is 0 Å². The van der Waals surface area contributed by atoms with E-state index < -0.39 is 34.3 Å². The molecule has 41 heavy (non-hydrogen) atoms. The smallest absolute Gasteiger partial charge is 0.410 e. The summed E-state index contributed by atoms with van der Waals surface area (Å²) in [6.45, 7) is 10.5. The molecule has 0 spiro atoms. The maximum Gasteiger partial charge on any atom is 0.410 e. The molecule has 2 aliphatic rings. The van der Waals surface area contributed by atoms with E-state index >= 15 is 0 Å². The van der Waals surface area contributed by atoms with Gasteiger partial charge < -0.3 is 24.4 Å². The number of likely N-dealkylation sites (N-methyl/N-ethyl adjacent to an activating group) is 1. The molecule has 0 aliphatic carbocycles. The van der Waals surface area contributed by atoms with Gasteiger partial charge in [0.15, 0.2) is 0 Å². The Labute approximate surface area is 244 Å². The van der Waals surface area contributed by atoms with Crippen LogP contribution >= 0.6 is 0 Å². The standard InChI is InChI=1S/C30H45N3O7S/c1-6-31-41(37,38)26-9-7-8-24(19-26)18-23(4)29-22(3)11-13-27(21(2)10-12-25(34)20-28(35)40-29)39-30(36)33-16-14-32(5)15-17-33/h7-9,11,13,18-19,21-22,25,27,29,31,34H,6,10,12,14-17,20H2,1-5H3/b13-11-,23-18+/t21-,22+,25+,27+,29+/m1/s1. The Bertz CT molecular complexity index is 1210. The number of aliphatic hydroxyl groups excluding tert-OH is 1. The van der Waals surface area contributed by atoms with Crippen LogP contribution in [-0.2, 0) is 24.3 Å². The molecule has 228 valence electrons. The van der Waals surface area contributed by atoms with Gasteiger partial charge in [0.05, 0.1) is 17.4 Å². The molecule has 0 saturated carbocycles. The van der Waals surface area contributed by atoms with Gasteiger partial charge in [0.25, 0.3) is 0 Å². The average Bonchev–Trinajstić information content (AvgIpc) is 2.92. The third-order valence-electron chi connectivity index (χ3n) is 7.60. The van der Waals surface area contributed by atoms with Crippen LogP contribution in [-0.4, -0.2) is 93.5 Å². The summed E-state index contributed by atoms with van der Waals surface area (Å²) < 4.78 is 39.3. The summed E-state index contributed by atoms with van der Waals surface area (Å²) in [6, 6.07) is 6.54. The average molecular weight is 592 g/mol. The molecule has 5 atom stereocenters. The number of hydrogen-bond donors (Lipinski definition) is 2. The molecule has 1 aromatic carbocycles. The second-order valence-corrected chi connectivity index (χ2v) is 12.9. The van der Waals surface area contributed by atoms with Crippen LogP contribution in [0.25, 0.3) is 6.08 Å². The van der Waals surface area contributed by atoms with Gasteiger partial charge in [0.2, 0.25) is 10.0 Å². The molecule has 1 amide bonds. The number of benzene rings is 1. The third kappa shape index (κ3) is 9.66. The van der Waals surface area contributed by atoms with E-state index in [0.29, 0.717) is 37.1 Å². The summed E-state index contributed by atoms with van der Waals surface area (Å²) >= 11 is 0. The first kappa shape index (κ1) is 32.8. The summed E-state index contributed by atoms with van der Waals surface area (Å²) in [5, 5.41) is 10.5. The normalized spacial score (nSPS) is 28.2. The minimum absolute atomic E-state index is 0.0727. The molecule has 0 radical (unpaired) electrons. The number of piperazine rings is 1. The molecular formula is C30H45N3O7S. The molecule has 1 aromatic rings. The summed E-state index contributed by atoms with van der Waals surface area (Å²) in [4.78, 5) is 29.8. The summed E-state index contributed by atoms with van der Waals surface area (Å²) in [7, 11) is -1.61. The van der Waals surface area contributed by atoms with Gasteiger partial charge in [-0.25, -0.2) is 17.9 Å². The third-order valence-corrected chi connectivity index (χ3v) is 9.15. The van der Waals surface area contributed by atoms with Crippen LogP contribution in [0.15, 0.2) is 46.9 Å². The van der Waals surface area contributed by atoms with Crippen LogP contribution in [0.5, 0.6) is 0 Å². The van der Waals surface area contributed by atoms with Crippen molar-refractivity contribution in [2.24, 2.45) is 11.8 Å². The number of nitrogens with one attached hydrogen (secondary N) is 1. The van der Waals surface area contributed by atoms with Crippen molar-refractivity contribution < 1.29 is 32.6 Å². The Kier molecular flexibility index (Phi) is 12.0. The Hall–Kier alpha value is -2.73. The van der Waals surface area contributed by atoms with Crippen molar-refractivity contribution in [1.82, 2.24) is 14.5 Å². The minimum Gasteiger partial charge on any atom is -0.457 e. The van der Waals surface area contributed by atoms with Crippen LogP contribution in [0.4, 0.5) is 4.79 Å². The van der Waals surface area contributed by atoms with Gasteiger partial charge in [-0.1, -0.05) is 45.1 Å². The van der Waals surface area contributed by atoms with Crippen molar-refractivity contribution in [3.63, 3.8) is 0 Å².